The molecule has 0 aliphatic heterocycles. The molecule has 2 unspecified atom stereocenters. The molecule has 108 valence electrons. The van der Waals surface area contributed by atoms with E-state index in [0.29, 0.717) is 18.1 Å². The molecule has 2 atom stereocenters. The molecule has 0 bridgehead atoms. The Labute approximate surface area is 112 Å². The van der Waals surface area contributed by atoms with Crippen molar-refractivity contribution in [3.63, 3.8) is 0 Å². The summed E-state index contributed by atoms with van der Waals surface area (Å²) in [6.07, 6.45) is 6.47. The van der Waals surface area contributed by atoms with Gasteiger partial charge in [0.2, 0.25) is 0 Å². The molecule has 1 aliphatic rings. The van der Waals surface area contributed by atoms with Crippen LogP contribution in [0, 0.1) is 11.3 Å². The van der Waals surface area contributed by atoms with E-state index >= 15 is 0 Å². The van der Waals surface area contributed by atoms with E-state index in [2.05, 4.69) is 26.1 Å². The summed E-state index contributed by atoms with van der Waals surface area (Å²) in [6.45, 7) is 9.46. The van der Waals surface area contributed by atoms with Gasteiger partial charge in [0.25, 0.3) is 0 Å². The fourth-order valence-corrected chi connectivity index (χ4v) is 3.04. The van der Waals surface area contributed by atoms with E-state index in [0.717, 1.165) is 25.5 Å². The zero-order valence-electron chi connectivity index (χ0n) is 12.4. The Balaban J connectivity index is 2.21. The van der Waals surface area contributed by atoms with Crippen LogP contribution in [-0.2, 0) is 4.74 Å². The zero-order chi connectivity index (χ0) is 13.4. The standard InChI is InChI=1S/C15H31NO2/c1-15(2,3)13-7-4-5-8-14(13)16-9-6-11-18-12-10-17/h13-14,16-17H,4-12H2,1-3H3. The number of hydrogen-bond donors (Lipinski definition) is 2. The average Bonchev–Trinajstić information content (AvgIpc) is 2.33. The molecular weight excluding hydrogens is 226 g/mol. The van der Waals surface area contributed by atoms with Crippen molar-refractivity contribution >= 4 is 0 Å². The quantitative estimate of drug-likeness (QED) is 0.689. The van der Waals surface area contributed by atoms with E-state index in [1.165, 1.54) is 25.7 Å². The molecule has 1 fully saturated rings. The van der Waals surface area contributed by atoms with E-state index in [1.807, 2.05) is 0 Å². The van der Waals surface area contributed by atoms with E-state index in [1.54, 1.807) is 0 Å². The highest BCUT2D eigenvalue weighted by Gasteiger charge is 2.33. The second-order valence-corrected chi connectivity index (χ2v) is 6.51. The Bertz CT molecular complexity index is 213. The van der Waals surface area contributed by atoms with Crippen molar-refractivity contribution in [3.8, 4) is 0 Å². The number of aliphatic hydroxyl groups is 1. The van der Waals surface area contributed by atoms with Gasteiger partial charge in [-0.25, -0.2) is 0 Å². The van der Waals surface area contributed by atoms with E-state index in [9.17, 15) is 0 Å². The molecule has 2 N–H and O–H groups in total. The van der Waals surface area contributed by atoms with Gasteiger partial charge in [0.15, 0.2) is 0 Å². The molecule has 0 aromatic rings. The summed E-state index contributed by atoms with van der Waals surface area (Å²) in [6, 6.07) is 0.677. The molecule has 1 saturated carbocycles. The van der Waals surface area contributed by atoms with Crippen molar-refractivity contribution in [2.24, 2.45) is 11.3 Å². The van der Waals surface area contributed by atoms with Gasteiger partial charge < -0.3 is 15.2 Å². The molecule has 0 amide bonds. The molecule has 0 heterocycles. The van der Waals surface area contributed by atoms with Gasteiger partial charge >= 0.3 is 0 Å². The van der Waals surface area contributed by atoms with Gasteiger partial charge in [-0.1, -0.05) is 33.6 Å². The highest BCUT2D eigenvalue weighted by molar-refractivity contribution is 4.88. The van der Waals surface area contributed by atoms with Crippen LogP contribution in [-0.4, -0.2) is 37.5 Å². The molecule has 1 rings (SSSR count). The predicted molar refractivity (Wildman–Crippen MR) is 75.7 cm³/mol. The molecule has 0 radical (unpaired) electrons. The lowest BCUT2D eigenvalue weighted by molar-refractivity contribution is 0.0870. The smallest absolute Gasteiger partial charge is 0.0697 e. The van der Waals surface area contributed by atoms with Crippen LogP contribution in [0.4, 0.5) is 0 Å². The SMILES string of the molecule is CC(C)(C)C1CCCCC1NCCCOCCO. The molecule has 0 aromatic heterocycles. The Morgan fingerprint density at radius 2 is 1.89 bits per heavy atom. The van der Waals surface area contributed by atoms with Crippen LogP contribution in [0.2, 0.25) is 0 Å². The Hall–Kier alpha value is -0.120. The molecular formula is C15H31NO2. The third-order valence-corrected chi connectivity index (χ3v) is 3.99. The van der Waals surface area contributed by atoms with Gasteiger partial charge in [0, 0.05) is 12.6 Å². The van der Waals surface area contributed by atoms with Gasteiger partial charge in [-0.15, -0.1) is 0 Å². The summed E-state index contributed by atoms with van der Waals surface area (Å²) in [5.41, 5.74) is 0.408. The van der Waals surface area contributed by atoms with Crippen molar-refractivity contribution in [1.82, 2.24) is 5.32 Å². The van der Waals surface area contributed by atoms with Crippen molar-refractivity contribution in [2.45, 2.75) is 58.9 Å². The minimum atomic E-state index is 0.127. The van der Waals surface area contributed by atoms with Crippen LogP contribution in [0.5, 0.6) is 0 Å². The van der Waals surface area contributed by atoms with E-state index in [4.69, 9.17) is 9.84 Å². The molecule has 0 aromatic carbocycles. The van der Waals surface area contributed by atoms with Crippen LogP contribution in [0.25, 0.3) is 0 Å². The normalized spacial score (nSPS) is 25.3. The minimum Gasteiger partial charge on any atom is -0.394 e. The lowest BCUT2D eigenvalue weighted by Crippen LogP contribution is -2.44. The molecule has 0 saturated heterocycles. The highest BCUT2D eigenvalue weighted by Crippen LogP contribution is 2.37. The number of hydrogen-bond acceptors (Lipinski definition) is 3. The summed E-state index contributed by atoms with van der Waals surface area (Å²) in [5.74, 6) is 0.796. The molecule has 1 aliphatic carbocycles. The van der Waals surface area contributed by atoms with Crippen LogP contribution < -0.4 is 5.32 Å². The van der Waals surface area contributed by atoms with Crippen molar-refractivity contribution < 1.29 is 9.84 Å². The van der Waals surface area contributed by atoms with Crippen LogP contribution >= 0.6 is 0 Å². The van der Waals surface area contributed by atoms with Crippen LogP contribution in [0.1, 0.15) is 52.9 Å². The van der Waals surface area contributed by atoms with E-state index < -0.39 is 0 Å². The second kappa shape index (κ2) is 8.13. The molecule has 0 spiro atoms. The van der Waals surface area contributed by atoms with Gasteiger partial charge in [-0.2, -0.15) is 0 Å². The number of rotatable bonds is 7. The molecule has 3 heteroatoms. The fraction of sp³-hybridized carbons (Fsp3) is 1.00. The first-order valence-corrected chi connectivity index (χ1v) is 7.47. The predicted octanol–water partition coefficient (Wildman–Crippen LogP) is 2.58. The maximum atomic E-state index is 8.61. The first-order valence-electron chi connectivity index (χ1n) is 7.47. The summed E-state index contributed by atoms with van der Waals surface area (Å²) in [7, 11) is 0. The third-order valence-electron chi connectivity index (χ3n) is 3.99. The van der Waals surface area contributed by atoms with Crippen molar-refractivity contribution in [2.75, 3.05) is 26.4 Å². The third kappa shape index (κ3) is 5.68. The fourth-order valence-electron chi connectivity index (χ4n) is 3.04. The lowest BCUT2D eigenvalue weighted by Gasteiger charge is -2.41. The topological polar surface area (TPSA) is 41.5 Å². The summed E-state index contributed by atoms with van der Waals surface area (Å²) >= 11 is 0. The van der Waals surface area contributed by atoms with Crippen molar-refractivity contribution in [3.05, 3.63) is 0 Å². The monoisotopic (exact) mass is 257 g/mol. The highest BCUT2D eigenvalue weighted by atomic mass is 16.5. The Morgan fingerprint density at radius 3 is 2.56 bits per heavy atom. The lowest BCUT2D eigenvalue weighted by atomic mass is 9.69. The van der Waals surface area contributed by atoms with Gasteiger partial charge in [0.1, 0.15) is 0 Å². The molecule has 18 heavy (non-hydrogen) atoms. The number of ether oxygens (including phenoxy) is 1. The minimum absolute atomic E-state index is 0.127. The van der Waals surface area contributed by atoms with Crippen molar-refractivity contribution in [1.29, 1.82) is 0 Å². The number of aliphatic hydroxyl groups excluding tert-OH is 1. The zero-order valence-corrected chi connectivity index (χ0v) is 12.4. The number of nitrogens with one attached hydrogen (secondary N) is 1. The Morgan fingerprint density at radius 1 is 1.17 bits per heavy atom. The van der Waals surface area contributed by atoms with Gasteiger partial charge in [-0.05, 0) is 37.1 Å². The molecule has 3 nitrogen and oxygen atoms in total. The van der Waals surface area contributed by atoms with Crippen LogP contribution in [0.3, 0.4) is 0 Å². The van der Waals surface area contributed by atoms with E-state index in [-0.39, 0.29) is 6.61 Å². The Kier molecular flexibility index (Phi) is 7.20. The first kappa shape index (κ1) is 15.9. The average molecular weight is 257 g/mol. The van der Waals surface area contributed by atoms with Gasteiger partial charge in [0.05, 0.1) is 13.2 Å². The van der Waals surface area contributed by atoms with Crippen LogP contribution in [0.15, 0.2) is 0 Å². The first-order chi connectivity index (χ1) is 8.55. The largest absolute Gasteiger partial charge is 0.394 e. The summed E-state index contributed by atoms with van der Waals surface area (Å²) in [5, 5.41) is 12.3. The summed E-state index contributed by atoms with van der Waals surface area (Å²) in [4.78, 5) is 0. The second-order valence-electron chi connectivity index (χ2n) is 6.51. The maximum absolute atomic E-state index is 8.61. The summed E-state index contributed by atoms with van der Waals surface area (Å²) < 4.78 is 5.28. The maximum Gasteiger partial charge on any atom is 0.0697 e. The van der Waals surface area contributed by atoms with Gasteiger partial charge in [-0.3, -0.25) is 0 Å².